The van der Waals surface area contributed by atoms with Crippen LogP contribution in [0.3, 0.4) is 0 Å². The third-order valence-electron chi connectivity index (χ3n) is 4.06. The monoisotopic (exact) mass is 422 g/mol. The Morgan fingerprint density at radius 1 is 1.20 bits per heavy atom. The molecule has 0 fully saturated rings. The lowest BCUT2D eigenvalue weighted by Gasteiger charge is -2.21. The lowest BCUT2D eigenvalue weighted by atomic mass is 10.1. The summed E-state index contributed by atoms with van der Waals surface area (Å²) < 4.78 is 43.8. The zero-order valence-corrected chi connectivity index (χ0v) is 16.6. The van der Waals surface area contributed by atoms with Gasteiger partial charge in [0.1, 0.15) is 6.61 Å². The molecular weight excluding hydrogens is 401 g/mol. The molecule has 1 amide bonds. The second kappa shape index (κ2) is 10.3. The maximum atomic E-state index is 12.9. The number of oxime groups is 1. The largest absolute Gasteiger partial charge is 0.467 e. The molecule has 2 aromatic rings. The number of alkyl halides is 3. The molecule has 7 nitrogen and oxygen atoms in total. The number of amidine groups is 1. The van der Waals surface area contributed by atoms with Crippen molar-refractivity contribution in [1.82, 2.24) is 5.43 Å². The Labute approximate surface area is 171 Å². The first-order valence-corrected chi connectivity index (χ1v) is 8.74. The highest BCUT2D eigenvalue weighted by molar-refractivity contribution is 5.98. The fourth-order valence-electron chi connectivity index (χ4n) is 2.57. The van der Waals surface area contributed by atoms with Crippen LogP contribution in [0.4, 0.5) is 18.9 Å². The second-order valence-corrected chi connectivity index (χ2v) is 6.06. The van der Waals surface area contributed by atoms with E-state index < -0.39 is 11.7 Å². The standard InChI is InChI=1S/C20H21F3N4O3/c1-14(15-8-6-9-17(11-15)20(21,22)23)26-30-12-16-7-4-5-10-18(16)27(2)19(29-3)25-24-13-28/h4-11,13H,12H2,1-3H3,(H,24,28)/b25-19+,26-14+. The van der Waals surface area contributed by atoms with Gasteiger partial charge in [-0.3, -0.25) is 9.69 Å². The van der Waals surface area contributed by atoms with E-state index in [0.29, 0.717) is 23.4 Å². The molecule has 0 aromatic heterocycles. The van der Waals surface area contributed by atoms with Crippen molar-refractivity contribution in [3.05, 3.63) is 65.2 Å². The molecule has 0 heterocycles. The van der Waals surface area contributed by atoms with E-state index in [2.05, 4.69) is 15.7 Å². The number of nitrogens with one attached hydrogen (secondary N) is 1. The van der Waals surface area contributed by atoms with Crippen molar-refractivity contribution in [2.24, 2.45) is 10.3 Å². The van der Waals surface area contributed by atoms with E-state index in [1.807, 2.05) is 0 Å². The van der Waals surface area contributed by atoms with Crippen LogP contribution >= 0.6 is 0 Å². The van der Waals surface area contributed by atoms with Gasteiger partial charge in [-0.15, -0.1) is 5.10 Å². The molecule has 0 aliphatic carbocycles. The summed E-state index contributed by atoms with van der Waals surface area (Å²) in [5.41, 5.74) is 3.43. The van der Waals surface area contributed by atoms with Gasteiger partial charge in [0.2, 0.25) is 6.41 Å². The maximum absolute atomic E-state index is 12.9. The van der Waals surface area contributed by atoms with Crippen molar-refractivity contribution in [3.8, 4) is 0 Å². The summed E-state index contributed by atoms with van der Waals surface area (Å²) in [6.07, 6.45) is -4.02. The second-order valence-electron chi connectivity index (χ2n) is 6.06. The number of hydrogen-bond donors (Lipinski definition) is 1. The molecule has 0 radical (unpaired) electrons. The van der Waals surface area contributed by atoms with E-state index in [4.69, 9.17) is 9.57 Å². The average Bonchev–Trinajstić information content (AvgIpc) is 2.74. The van der Waals surface area contributed by atoms with Crippen LogP contribution in [0.5, 0.6) is 0 Å². The van der Waals surface area contributed by atoms with Gasteiger partial charge in [0.05, 0.1) is 24.1 Å². The number of hydrogen-bond acceptors (Lipinski definition) is 5. The summed E-state index contributed by atoms with van der Waals surface area (Å²) in [7, 11) is 3.09. The van der Waals surface area contributed by atoms with Crippen LogP contribution in [0.1, 0.15) is 23.6 Å². The predicted octanol–water partition coefficient (Wildman–Crippen LogP) is 3.75. The van der Waals surface area contributed by atoms with Gasteiger partial charge >= 0.3 is 12.2 Å². The van der Waals surface area contributed by atoms with E-state index in [1.54, 1.807) is 43.1 Å². The molecule has 10 heteroatoms. The number of hydrazone groups is 1. The number of methoxy groups -OCH3 is 1. The van der Waals surface area contributed by atoms with Gasteiger partial charge < -0.3 is 9.57 Å². The van der Waals surface area contributed by atoms with E-state index in [0.717, 1.165) is 17.7 Å². The molecule has 2 rings (SSSR count). The van der Waals surface area contributed by atoms with Crippen LogP contribution in [0, 0.1) is 0 Å². The van der Waals surface area contributed by atoms with E-state index in [1.165, 1.54) is 19.2 Å². The fourth-order valence-corrected chi connectivity index (χ4v) is 2.57. The number of para-hydroxylation sites is 1. The van der Waals surface area contributed by atoms with Crippen molar-refractivity contribution >= 4 is 23.8 Å². The van der Waals surface area contributed by atoms with Gasteiger partial charge in [0.15, 0.2) is 0 Å². The molecule has 0 saturated heterocycles. The average molecular weight is 422 g/mol. The van der Waals surface area contributed by atoms with Gasteiger partial charge in [-0.25, -0.2) is 5.43 Å². The van der Waals surface area contributed by atoms with Crippen molar-refractivity contribution in [2.75, 3.05) is 19.1 Å². The molecule has 0 spiro atoms. The first-order valence-electron chi connectivity index (χ1n) is 8.74. The lowest BCUT2D eigenvalue weighted by molar-refractivity contribution is -0.137. The Morgan fingerprint density at radius 3 is 2.60 bits per heavy atom. The number of carbonyl (C=O) groups excluding carboxylic acids is 1. The summed E-state index contributed by atoms with van der Waals surface area (Å²) in [6, 6.07) is 12.2. The molecule has 0 atom stereocenters. The Balaban J connectivity index is 2.16. The molecular formula is C20H21F3N4O3. The van der Waals surface area contributed by atoms with Crippen LogP contribution in [-0.4, -0.2) is 32.3 Å². The number of rotatable bonds is 7. The highest BCUT2D eigenvalue weighted by Gasteiger charge is 2.30. The molecule has 0 aliphatic heterocycles. The summed E-state index contributed by atoms with van der Waals surface area (Å²) in [5, 5.41) is 7.73. The zero-order chi connectivity index (χ0) is 22.1. The molecule has 0 aliphatic rings. The van der Waals surface area contributed by atoms with Crippen LogP contribution in [-0.2, 0) is 27.2 Å². The number of carbonyl (C=O) groups is 1. The number of benzene rings is 2. The maximum Gasteiger partial charge on any atom is 0.416 e. The first kappa shape index (κ1) is 22.7. The Hall–Kier alpha value is -3.56. The minimum Gasteiger partial charge on any atom is -0.467 e. The minimum atomic E-state index is -4.43. The fraction of sp³-hybridized carbons (Fsp3) is 0.250. The first-order chi connectivity index (χ1) is 14.3. The summed E-state index contributed by atoms with van der Waals surface area (Å²) in [6.45, 7) is 1.61. The predicted molar refractivity (Wildman–Crippen MR) is 107 cm³/mol. The normalized spacial score (nSPS) is 12.3. The summed E-state index contributed by atoms with van der Waals surface area (Å²) in [4.78, 5) is 17.4. The summed E-state index contributed by atoms with van der Waals surface area (Å²) in [5.74, 6) is 0. The van der Waals surface area contributed by atoms with Crippen molar-refractivity contribution in [1.29, 1.82) is 0 Å². The van der Waals surface area contributed by atoms with Crippen LogP contribution in [0.2, 0.25) is 0 Å². The molecule has 30 heavy (non-hydrogen) atoms. The zero-order valence-electron chi connectivity index (χ0n) is 16.6. The quantitative estimate of drug-likeness (QED) is 0.319. The lowest BCUT2D eigenvalue weighted by Crippen LogP contribution is -2.30. The van der Waals surface area contributed by atoms with Gasteiger partial charge in [0.25, 0.3) is 0 Å². The highest BCUT2D eigenvalue weighted by Crippen LogP contribution is 2.29. The number of nitrogens with zero attached hydrogens (tertiary/aromatic N) is 3. The van der Waals surface area contributed by atoms with Gasteiger partial charge in [-0.1, -0.05) is 35.5 Å². The number of ether oxygens (including phenoxy) is 1. The van der Waals surface area contributed by atoms with Crippen molar-refractivity contribution in [2.45, 2.75) is 19.7 Å². The molecule has 2 aromatic carbocycles. The third-order valence-corrected chi connectivity index (χ3v) is 4.06. The number of anilines is 1. The number of amides is 1. The molecule has 0 unspecified atom stereocenters. The Morgan fingerprint density at radius 2 is 1.93 bits per heavy atom. The third kappa shape index (κ3) is 5.97. The van der Waals surface area contributed by atoms with Gasteiger partial charge in [-0.05, 0) is 30.7 Å². The molecule has 0 saturated carbocycles. The summed E-state index contributed by atoms with van der Waals surface area (Å²) >= 11 is 0. The molecule has 1 N–H and O–H groups in total. The van der Waals surface area contributed by atoms with Crippen molar-refractivity contribution < 1.29 is 27.5 Å². The Bertz CT molecular complexity index is 930. The van der Waals surface area contributed by atoms with Crippen LogP contribution in [0.15, 0.2) is 58.8 Å². The van der Waals surface area contributed by atoms with E-state index >= 15 is 0 Å². The van der Waals surface area contributed by atoms with Gasteiger partial charge in [0, 0.05) is 12.6 Å². The van der Waals surface area contributed by atoms with Crippen LogP contribution < -0.4 is 10.3 Å². The van der Waals surface area contributed by atoms with Crippen molar-refractivity contribution in [3.63, 3.8) is 0 Å². The van der Waals surface area contributed by atoms with E-state index in [-0.39, 0.29) is 12.6 Å². The number of halogens is 3. The van der Waals surface area contributed by atoms with E-state index in [9.17, 15) is 18.0 Å². The minimum absolute atomic E-state index is 0.0505. The Kier molecular flexibility index (Phi) is 7.79. The topological polar surface area (TPSA) is 75.5 Å². The smallest absolute Gasteiger partial charge is 0.416 e. The SMILES string of the molecule is CO/C(=N/NC=O)N(C)c1ccccc1CO/N=C(\C)c1cccc(C(F)(F)F)c1. The highest BCUT2D eigenvalue weighted by atomic mass is 19.4. The van der Waals surface area contributed by atoms with Gasteiger partial charge in [-0.2, -0.15) is 13.2 Å². The molecule has 0 bridgehead atoms. The molecule has 160 valence electrons. The van der Waals surface area contributed by atoms with Crippen LogP contribution in [0.25, 0.3) is 0 Å².